The lowest BCUT2D eigenvalue weighted by Gasteiger charge is -2.26. The molecule has 0 atom stereocenters. The molecule has 0 bridgehead atoms. The molecule has 0 heterocycles. The van der Waals surface area contributed by atoms with Gasteiger partial charge in [-0.15, -0.1) is 0 Å². The van der Waals surface area contributed by atoms with Crippen LogP contribution < -0.4 is 4.31 Å². The number of amides is 1. The van der Waals surface area contributed by atoms with Crippen LogP contribution in [0, 0.1) is 13.8 Å². The Morgan fingerprint density at radius 3 is 1.91 bits per heavy atom. The first-order valence-electron chi connectivity index (χ1n) is 10.9. The van der Waals surface area contributed by atoms with Gasteiger partial charge >= 0.3 is 0 Å². The Balaban J connectivity index is 1.97. The molecule has 4 aromatic carbocycles. The van der Waals surface area contributed by atoms with Gasteiger partial charge in [-0.3, -0.25) is 4.79 Å². The molecule has 0 radical (unpaired) electrons. The molecule has 1 amide bonds. The summed E-state index contributed by atoms with van der Waals surface area (Å²) in [5.74, 6) is -0.618. The zero-order chi connectivity index (χ0) is 24.1. The van der Waals surface area contributed by atoms with E-state index in [1.165, 1.54) is 12.1 Å². The highest BCUT2D eigenvalue weighted by molar-refractivity contribution is 7.93. The number of benzene rings is 4. The van der Waals surface area contributed by atoms with E-state index in [-0.39, 0.29) is 10.5 Å². The van der Waals surface area contributed by atoms with E-state index in [2.05, 4.69) is 0 Å². The van der Waals surface area contributed by atoms with Crippen molar-refractivity contribution in [3.05, 3.63) is 131 Å². The highest BCUT2D eigenvalue weighted by Gasteiger charge is 2.34. The molecule has 0 N–H and O–H groups in total. The number of rotatable bonds is 6. The molecule has 0 unspecified atom stereocenters. The quantitative estimate of drug-likeness (QED) is 0.248. The predicted octanol–water partition coefficient (Wildman–Crippen LogP) is 6.27. The molecule has 0 saturated carbocycles. The van der Waals surface area contributed by atoms with E-state index >= 15 is 0 Å². The average Bonchev–Trinajstić information content (AvgIpc) is 2.86. The van der Waals surface area contributed by atoms with Crippen molar-refractivity contribution in [1.82, 2.24) is 0 Å². The summed E-state index contributed by atoms with van der Waals surface area (Å²) in [4.78, 5) is 14.3. The number of hydrogen-bond donors (Lipinski definition) is 0. The Morgan fingerprint density at radius 1 is 0.735 bits per heavy atom. The normalized spacial score (nSPS) is 11.8. The van der Waals surface area contributed by atoms with E-state index in [9.17, 15) is 13.2 Å². The third-order valence-corrected chi connectivity index (χ3v) is 7.19. The van der Waals surface area contributed by atoms with Crippen molar-refractivity contribution in [1.29, 1.82) is 0 Å². The van der Waals surface area contributed by atoms with Gasteiger partial charge in [0.25, 0.3) is 15.9 Å². The zero-order valence-electron chi connectivity index (χ0n) is 19.0. The van der Waals surface area contributed by atoms with E-state index < -0.39 is 15.9 Å². The smallest absolute Gasteiger partial charge is 0.268 e. The van der Waals surface area contributed by atoms with Crippen molar-refractivity contribution in [3.8, 4) is 0 Å². The van der Waals surface area contributed by atoms with Gasteiger partial charge in [0.15, 0.2) is 0 Å². The Bertz CT molecular complexity index is 1430. The molecular weight excluding hydrogens is 442 g/mol. The molecule has 4 rings (SSSR count). The van der Waals surface area contributed by atoms with Crippen LogP contribution >= 0.6 is 0 Å². The number of anilines is 1. The van der Waals surface area contributed by atoms with Gasteiger partial charge in [-0.2, -0.15) is 4.31 Å². The van der Waals surface area contributed by atoms with Crippen molar-refractivity contribution in [2.75, 3.05) is 4.31 Å². The van der Waals surface area contributed by atoms with Crippen LogP contribution in [-0.2, 0) is 14.8 Å². The van der Waals surface area contributed by atoms with Gasteiger partial charge in [-0.1, -0.05) is 91.0 Å². The molecule has 0 fully saturated rings. The summed E-state index contributed by atoms with van der Waals surface area (Å²) < 4.78 is 28.7. The largest absolute Gasteiger partial charge is 0.272 e. The Kier molecular flexibility index (Phi) is 6.75. The minimum Gasteiger partial charge on any atom is -0.268 e. The summed E-state index contributed by atoms with van der Waals surface area (Å²) in [6.07, 6.45) is 1.73. The van der Waals surface area contributed by atoms with Gasteiger partial charge in [0.2, 0.25) is 0 Å². The molecule has 0 spiro atoms. The first kappa shape index (κ1) is 23.2. The number of carbonyl (C=O) groups is 1. The molecule has 0 aliphatic rings. The number of aryl methyl sites for hydroxylation is 2. The van der Waals surface area contributed by atoms with Gasteiger partial charge in [-0.25, -0.2) is 8.42 Å². The average molecular weight is 468 g/mol. The minimum absolute atomic E-state index is 0.0522. The van der Waals surface area contributed by atoms with Crippen LogP contribution in [0.3, 0.4) is 0 Å². The van der Waals surface area contributed by atoms with Crippen LogP contribution in [0.1, 0.15) is 22.3 Å². The molecule has 5 heteroatoms. The highest BCUT2D eigenvalue weighted by atomic mass is 32.2. The van der Waals surface area contributed by atoms with Crippen molar-refractivity contribution >= 4 is 33.3 Å². The second-order valence-electron chi connectivity index (χ2n) is 8.01. The maximum absolute atomic E-state index is 14.2. The van der Waals surface area contributed by atoms with Crippen molar-refractivity contribution in [2.45, 2.75) is 18.7 Å². The van der Waals surface area contributed by atoms with E-state index in [0.717, 1.165) is 15.4 Å². The van der Waals surface area contributed by atoms with E-state index in [1.807, 2.05) is 79.7 Å². The molecule has 0 aromatic heterocycles. The molecule has 0 aliphatic carbocycles. The zero-order valence-corrected chi connectivity index (χ0v) is 19.9. The molecule has 0 saturated heterocycles. The maximum Gasteiger partial charge on any atom is 0.272 e. The lowest BCUT2D eigenvalue weighted by molar-refractivity contribution is -0.112. The molecule has 170 valence electrons. The fourth-order valence-electron chi connectivity index (χ4n) is 3.70. The second kappa shape index (κ2) is 9.89. The van der Waals surface area contributed by atoms with Crippen LogP contribution in [0.2, 0.25) is 0 Å². The second-order valence-corrected chi connectivity index (χ2v) is 9.80. The van der Waals surface area contributed by atoms with E-state index in [1.54, 1.807) is 37.3 Å². The SMILES string of the molecule is Cc1ccc(C)c(N(C(=O)/C(=C/c2ccccc2)c2ccccc2)S(=O)(=O)c2ccccc2)c1. The Labute approximate surface area is 200 Å². The van der Waals surface area contributed by atoms with Crippen LogP contribution in [0.15, 0.2) is 114 Å². The first-order valence-corrected chi connectivity index (χ1v) is 12.4. The van der Waals surface area contributed by atoms with E-state index in [0.29, 0.717) is 16.8 Å². The van der Waals surface area contributed by atoms with E-state index in [4.69, 9.17) is 0 Å². The van der Waals surface area contributed by atoms with Gasteiger partial charge in [0.05, 0.1) is 10.6 Å². The van der Waals surface area contributed by atoms with Crippen molar-refractivity contribution < 1.29 is 13.2 Å². The van der Waals surface area contributed by atoms with Gasteiger partial charge in [0, 0.05) is 5.57 Å². The highest BCUT2D eigenvalue weighted by Crippen LogP contribution is 2.32. The maximum atomic E-state index is 14.2. The van der Waals surface area contributed by atoms with Gasteiger partial charge in [-0.05, 0) is 60.4 Å². The molecule has 4 aromatic rings. The summed E-state index contributed by atoms with van der Waals surface area (Å²) in [7, 11) is -4.19. The summed E-state index contributed by atoms with van der Waals surface area (Å²) >= 11 is 0. The number of carbonyl (C=O) groups excluding carboxylic acids is 1. The molecule has 34 heavy (non-hydrogen) atoms. The lowest BCUT2D eigenvalue weighted by Crippen LogP contribution is -2.38. The van der Waals surface area contributed by atoms with Gasteiger partial charge in [0.1, 0.15) is 0 Å². The summed E-state index contributed by atoms with van der Waals surface area (Å²) in [6, 6.07) is 32.0. The number of hydrogen-bond acceptors (Lipinski definition) is 3. The van der Waals surface area contributed by atoms with Crippen LogP contribution in [0.25, 0.3) is 11.6 Å². The number of sulfonamides is 1. The Hall–Kier alpha value is -3.96. The van der Waals surface area contributed by atoms with Crippen molar-refractivity contribution in [2.24, 2.45) is 0 Å². The fourth-order valence-corrected chi connectivity index (χ4v) is 5.18. The van der Waals surface area contributed by atoms with Crippen molar-refractivity contribution in [3.63, 3.8) is 0 Å². The van der Waals surface area contributed by atoms with Gasteiger partial charge < -0.3 is 0 Å². The minimum atomic E-state index is -4.19. The molecule has 4 nitrogen and oxygen atoms in total. The topological polar surface area (TPSA) is 54.5 Å². The monoisotopic (exact) mass is 467 g/mol. The standard InChI is InChI=1S/C29H25NO3S/c1-22-18-19-23(2)28(20-22)30(34(32,33)26-16-10-5-11-17-26)29(31)27(25-14-8-4-9-15-25)21-24-12-6-3-7-13-24/h3-21H,1-2H3/b27-21+. The molecule has 0 aliphatic heterocycles. The molecular formula is C29H25NO3S. The number of nitrogens with zero attached hydrogens (tertiary/aromatic N) is 1. The van der Waals surface area contributed by atoms with Crippen LogP contribution in [0.4, 0.5) is 5.69 Å². The summed E-state index contributed by atoms with van der Waals surface area (Å²) in [5.41, 5.74) is 3.60. The third kappa shape index (κ3) is 4.85. The lowest BCUT2D eigenvalue weighted by atomic mass is 10.0. The summed E-state index contributed by atoms with van der Waals surface area (Å²) in [5, 5.41) is 0. The van der Waals surface area contributed by atoms with Crippen LogP contribution in [0.5, 0.6) is 0 Å². The predicted molar refractivity (Wildman–Crippen MR) is 138 cm³/mol. The van der Waals surface area contributed by atoms with Crippen LogP contribution in [-0.4, -0.2) is 14.3 Å². The Morgan fingerprint density at radius 2 is 1.29 bits per heavy atom. The first-order chi connectivity index (χ1) is 16.4. The third-order valence-electron chi connectivity index (χ3n) is 5.48. The summed E-state index contributed by atoms with van der Waals surface area (Å²) in [6.45, 7) is 3.68. The fraction of sp³-hybridized carbons (Fsp3) is 0.0690.